The zero-order chi connectivity index (χ0) is 11.1. The van der Waals surface area contributed by atoms with E-state index >= 15 is 0 Å². The maximum absolute atomic E-state index is 5.80. The van der Waals surface area contributed by atoms with Gasteiger partial charge in [-0.05, 0) is 33.4 Å². The molecular weight excluding hydrogens is 188 g/mol. The van der Waals surface area contributed by atoms with Crippen LogP contribution in [0, 0.1) is 0 Å². The minimum atomic E-state index is 0.346. The SMILES string of the molecule is C=CCCCC(NC)C1CN(C)CCO1. The van der Waals surface area contributed by atoms with Crippen molar-refractivity contribution in [3.8, 4) is 0 Å². The predicted octanol–water partition coefficient (Wildman–Crippen LogP) is 1.26. The van der Waals surface area contributed by atoms with Crippen molar-refractivity contribution in [1.82, 2.24) is 10.2 Å². The summed E-state index contributed by atoms with van der Waals surface area (Å²) in [6.45, 7) is 6.71. The van der Waals surface area contributed by atoms with E-state index in [1.165, 1.54) is 12.8 Å². The highest BCUT2D eigenvalue weighted by atomic mass is 16.5. The number of hydrogen-bond acceptors (Lipinski definition) is 3. The molecule has 0 radical (unpaired) electrons. The number of unbranched alkanes of at least 4 members (excludes halogenated alkanes) is 1. The highest BCUT2D eigenvalue weighted by molar-refractivity contribution is 4.82. The highest BCUT2D eigenvalue weighted by Gasteiger charge is 2.24. The topological polar surface area (TPSA) is 24.5 Å². The van der Waals surface area contributed by atoms with Gasteiger partial charge < -0.3 is 15.0 Å². The normalized spacial score (nSPS) is 25.1. The van der Waals surface area contributed by atoms with Crippen LogP contribution in [0.1, 0.15) is 19.3 Å². The van der Waals surface area contributed by atoms with E-state index in [1.807, 2.05) is 13.1 Å². The monoisotopic (exact) mass is 212 g/mol. The summed E-state index contributed by atoms with van der Waals surface area (Å²) < 4.78 is 5.80. The molecule has 2 unspecified atom stereocenters. The first-order valence-electron chi connectivity index (χ1n) is 5.86. The van der Waals surface area contributed by atoms with Gasteiger partial charge >= 0.3 is 0 Å². The van der Waals surface area contributed by atoms with Gasteiger partial charge in [-0.1, -0.05) is 6.08 Å². The second kappa shape index (κ2) is 6.99. The fourth-order valence-electron chi connectivity index (χ4n) is 2.05. The molecule has 1 aliphatic heterocycles. The van der Waals surface area contributed by atoms with Crippen molar-refractivity contribution in [2.24, 2.45) is 0 Å². The third kappa shape index (κ3) is 4.33. The summed E-state index contributed by atoms with van der Waals surface area (Å²) in [6.07, 6.45) is 5.79. The molecule has 0 bridgehead atoms. The first kappa shape index (κ1) is 12.7. The van der Waals surface area contributed by atoms with Crippen LogP contribution in [0.2, 0.25) is 0 Å². The molecule has 1 heterocycles. The standard InChI is InChI=1S/C12H24N2O/c1-4-5-6-7-11(13-2)12-10-14(3)8-9-15-12/h4,11-13H,1,5-10H2,2-3H3. The molecule has 0 aliphatic carbocycles. The van der Waals surface area contributed by atoms with Crippen molar-refractivity contribution in [2.75, 3.05) is 33.8 Å². The summed E-state index contributed by atoms with van der Waals surface area (Å²) in [5.41, 5.74) is 0. The fraction of sp³-hybridized carbons (Fsp3) is 0.833. The van der Waals surface area contributed by atoms with E-state index in [4.69, 9.17) is 4.74 Å². The van der Waals surface area contributed by atoms with Crippen molar-refractivity contribution >= 4 is 0 Å². The van der Waals surface area contributed by atoms with Crippen LogP contribution in [0.4, 0.5) is 0 Å². The van der Waals surface area contributed by atoms with E-state index in [0.29, 0.717) is 12.1 Å². The Kier molecular flexibility index (Phi) is 5.91. The van der Waals surface area contributed by atoms with Gasteiger partial charge in [0.2, 0.25) is 0 Å². The number of morpholine rings is 1. The van der Waals surface area contributed by atoms with Crippen molar-refractivity contribution in [1.29, 1.82) is 0 Å². The molecule has 0 amide bonds. The van der Waals surface area contributed by atoms with Crippen LogP contribution >= 0.6 is 0 Å². The van der Waals surface area contributed by atoms with Gasteiger partial charge in [0.15, 0.2) is 0 Å². The van der Waals surface area contributed by atoms with E-state index in [2.05, 4.69) is 23.8 Å². The smallest absolute Gasteiger partial charge is 0.0855 e. The third-order valence-electron chi connectivity index (χ3n) is 3.04. The average molecular weight is 212 g/mol. The molecule has 88 valence electrons. The number of allylic oxidation sites excluding steroid dienone is 1. The van der Waals surface area contributed by atoms with Gasteiger partial charge in [-0.3, -0.25) is 0 Å². The summed E-state index contributed by atoms with van der Waals surface area (Å²) in [7, 11) is 4.18. The molecule has 1 aliphatic rings. The average Bonchev–Trinajstić information content (AvgIpc) is 2.24. The van der Waals surface area contributed by atoms with Gasteiger partial charge in [0.05, 0.1) is 12.7 Å². The Morgan fingerprint density at radius 3 is 3.07 bits per heavy atom. The number of ether oxygens (including phenoxy) is 1. The summed E-state index contributed by atoms with van der Waals surface area (Å²) in [4.78, 5) is 2.34. The maximum Gasteiger partial charge on any atom is 0.0855 e. The Labute approximate surface area is 93.5 Å². The number of nitrogens with zero attached hydrogens (tertiary/aromatic N) is 1. The lowest BCUT2D eigenvalue weighted by Gasteiger charge is -2.35. The molecule has 1 saturated heterocycles. The van der Waals surface area contributed by atoms with Gasteiger partial charge in [0.25, 0.3) is 0 Å². The third-order valence-corrected chi connectivity index (χ3v) is 3.04. The summed E-state index contributed by atoms with van der Waals surface area (Å²) in [6, 6.07) is 0.479. The Morgan fingerprint density at radius 1 is 1.67 bits per heavy atom. The molecule has 0 spiro atoms. The zero-order valence-electron chi connectivity index (χ0n) is 10.0. The van der Waals surface area contributed by atoms with Crippen LogP contribution in [-0.2, 0) is 4.74 Å². The summed E-state index contributed by atoms with van der Waals surface area (Å²) >= 11 is 0. The first-order valence-corrected chi connectivity index (χ1v) is 5.86. The Morgan fingerprint density at radius 2 is 2.47 bits per heavy atom. The van der Waals surface area contributed by atoms with Gasteiger partial charge in [-0.15, -0.1) is 6.58 Å². The molecule has 0 saturated carbocycles. The molecule has 1 N–H and O–H groups in total. The molecule has 0 aromatic carbocycles. The van der Waals surface area contributed by atoms with E-state index < -0.39 is 0 Å². The second-order valence-electron chi connectivity index (χ2n) is 4.29. The van der Waals surface area contributed by atoms with Crippen LogP contribution in [-0.4, -0.2) is 50.8 Å². The molecule has 3 nitrogen and oxygen atoms in total. The number of nitrogens with one attached hydrogen (secondary N) is 1. The van der Waals surface area contributed by atoms with Gasteiger partial charge in [0, 0.05) is 19.1 Å². The number of hydrogen-bond donors (Lipinski definition) is 1. The molecule has 2 atom stereocenters. The summed E-state index contributed by atoms with van der Waals surface area (Å²) in [5.74, 6) is 0. The largest absolute Gasteiger partial charge is 0.374 e. The van der Waals surface area contributed by atoms with Gasteiger partial charge in [0.1, 0.15) is 0 Å². The number of rotatable bonds is 6. The molecule has 1 rings (SSSR count). The number of likely N-dealkylation sites (N-methyl/N-ethyl adjacent to an activating group) is 2. The van der Waals surface area contributed by atoms with Crippen LogP contribution in [0.5, 0.6) is 0 Å². The van der Waals surface area contributed by atoms with Gasteiger partial charge in [-0.2, -0.15) is 0 Å². The molecule has 3 heteroatoms. The molecule has 0 aromatic heterocycles. The van der Waals surface area contributed by atoms with Crippen LogP contribution in [0.15, 0.2) is 12.7 Å². The van der Waals surface area contributed by atoms with Crippen LogP contribution in [0.3, 0.4) is 0 Å². The highest BCUT2D eigenvalue weighted by Crippen LogP contribution is 2.12. The Hall–Kier alpha value is -0.380. The first-order chi connectivity index (χ1) is 7.27. The maximum atomic E-state index is 5.80. The van der Waals surface area contributed by atoms with Crippen molar-refractivity contribution in [3.63, 3.8) is 0 Å². The van der Waals surface area contributed by atoms with Crippen LogP contribution in [0.25, 0.3) is 0 Å². The molecule has 0 aromatic rings. The van der Waals surface area contributed by atoms with Crippen molar-refractivity contribution in [3.05, 3.63) is 12.7 Å². The van der Waals surface area contributed by atoms with E-state index in [9.17, 15) is 0 Å². The zero-order valence-corrected chi connectivity index (χ0v) is 10.0. The fourth-order valence-corrected chi connectivity index (χ4v) is 2.05. The van der Waals surface area contributed by atoms with E-state index in [-0.39, 0.29) is 0 Å². The lowest BCUT2D eigenvalue weighted by Crippen LogP contribution is -2.50. The molecule has 15 heavy (non-hydrogen) atoms. The molecule has 1 fully saturated rings. The minimum Gasteiger partial charge on any atom is -0.374 e. The summed E-state index contributed by atoms with van der Waals surface area (Å²) in [5, 5.41) is 3.37. The van der Waals surface area contributed by atoms with Gasteiger partial charge in [-0.25, -0.2) is 0 Å². The minimum absolute atomic E-state index is 0.346. The lowest BCUT2D eigenvalue weighted by atomic mass is 10.0. The van der Waals surface area contributed by atoms with Crippen LogP contribution < -0.4 is 5.32 Å². The Bertz CT molecular complexity index is 184. The quantitative estimate of drug-likeness (QED) is 0.530. The lowest BCUT2D eigenvalue weighted by molar-refractivity contribution is -0.0388. The van der Waals surface area contributed by atoms with E-state index in [0.717, 1.165) is 26.1 Å². The Balaban J connectivity index is 2.32. The van der Waals surface area contributed by atoms with Crippen molar-refractivity contribution < 1.29 is 4.74 Å². The van der Waals surface area contributed by atoms with E-state index in [1.54, 1.807) is 0 Å². The molecular formula is C12H24N2O. The predicted molar refractivity (Wildman–Crippen MR) is 64.1 cm³/mol. The second-order valence-corrected chi connectivity index (χ2v) is 4.29. The van der Waals surface area contributed by atoms with Crippen molar-refractivity contribution in [2.45, 2.75) is 31.4 Å².